The van der Waals surface area contributed by atoms with Gasteiger partial charge >= 0.3 is 0 Å². The van der Waals surface area contributed by atoms with Gasteiger partial charge in [0.25, 0.3) is 0 Å². The molecule has 0 unspecified atom stereocenters. The zero-order valence-electron chi connectivity index (χ0n) is 12.3. The number of nitrogens with zero attached hydrogens (tertiary/aromatic N) is 2. The highest BCUT2D eigenvalue weighted by Crippen LogP contribution is 2.16. The zero-order valence-corrected chi connectivity index (χ0v) is 13.1. The number of rotatable bonds is 12. The monoisotopic (exact) mass is 280 g/mol. The van der Waals surface area contributed by atoms with Crippen LogP contribution in [0.15, 0.2) is 23.6 Å². The predicted octanol–water partition coefficient (Wildman–Crippen LogP) is 5.49. The third-order valence-corrected chi connectivity index (χ3v) is 4.29. The molecule has 0 aromatic carbocycles. The van der Waals surface area contributed by atoms with Gasteiger partial charge in [0, 0.05) is 12.4 Å². The lowest BCUT2D eigenvalue weighted by atomic mass is 10.1. The maximum atomic E-state index is 4.26. The molecule has 0 saturated heterocycles. The summed E-state index contributed by atoms with van der Waals surface area (Å²) in [6.07, 6.45) is 19.3. The lowest BCUT2D eigenvalue weighted by Gasteiger charge is -2.02. The molecule has 0 aliphatic rings. The van der Waals surface area contributed by atoms with E-state index >= 15 is 0 Å². The molecule has 1 rings (SSSR count). The first-order valence-electron chi connectivity index (χ1n) is 7.82. The Labute approximate surface area is 122 Å². The summed E-state index contributed by atoms with van der Waals surface area (Å²) in [7, 11) is 0. The first-order chi connectivity index (χ1) is 9.43. The molecule has 2 nitrogen and oxygen atoms in total. The molecule has 108 valence electrons. The van der Waals surface area contributed by atoms with Gasteiger partial charge in [-0.15, -0.1) is 11.8 Å². The van der Waals surface area contributed by atoms with Gasteiger partial charge in [0.05, 0.1) is 6.20 Å². The highest BCUT2D eigenvalue weighted by molar-refractivity contribution is 7.99. The fourth-order valence-electron chi connectivity index (χ4n) is 2.13. The van der Waals surface area contributed by atoms with Crippen molar-refractivity contribution in [3.05, 3.63) is 18.6 Å². The standard InChI is InChI=1S/C16H28N2S/c1-2-3-4-5-6-7-8-9-10-11-14-19-16-15-17-12-13-18-16/h12-13,15H,2-11,14H2,1H3. The number of thioether (sulfide) groups is 1. The van der Waals surface area contributed by atoms with E-state index in [0.29, 0.717) is 0 Å². The fraction of sp³-hybridized carbons (Fsp3) is 0.750. The molecule has 19 heavy (non-hydrogen) atoms. The van der Waals surface area contributed by atoms with Crippen LogP contribution in [0.25, 0.3) is 0 Å². The van der Waals surface area contributed by atoms with Gasteiger partial charge in [-0.05, 0) is 12.2 Å². The maximum Gasteiger partial charge on any atom is 0.114 e. The Bertz CT molecular complexity index is 290. The lowest BCUT2D eigenvalue weighted by Crippen LogP contribution is -1.85. The van der Waals surface area contributed by atoms with Crippen LogP contribution in [0, 0.1) is 0 Å². The van der Waals surface area contributed by atoms with E-state index in [2.05, 4.69) is 16.9 Å². The van der Waals surface area contributed by atoms with E-state index < -0.39 is 0 Å². The van der Waals surface area contributed by atoms with Crippen LogP contribution >= 0.6 is 11.8 Å². The molecule has 1 aromatic rings. The summed E-state index contributed by atoms with van der Waals surface area (Å²) < 4.78 is 0. The van der Waals surface area contributed by atoms with Crippen molar-refractivity contribution in [2.45, 2.75) is 76.2 Å². The molecule has 0 saturated carbocycles. The predicted molar refractivity (Wildman–Crippen MR) is 84.6 cm³/mol. The Morgan fingerprint density at radius 1 is 0.842 bits per heavy atom. The van der Waals surface area contributed by atoms with Crippen molar-refractivity contribution in [2.75, 3.05) is 5.75 Å². The van der Waals surface area contributed by atoms with Gasteiger partial charge in [-0.25, -0.2) is 4.98 Å². The average molecular weight is 280 g/mol. The summed E-state index contributed by atoms with van der Waals surface area (Å²) in [6, 6.07) is 0. The second-order valence-corrected chi connectivity index (χ2v) is 6.19. The molecule has 0 amide bonds. The number of aromatic nitrogens is 2. The van der Waals surface area contributed by atoms with Crippen LogP contribution in [0.3, 0.4) is 0 Å². The van der Waals surface area contributed by atoms with E-state index in [0.717, 1.165) is 5.03 Å². The third-order valence-electron chi connectivity index (χ3n) is 3.29. The van der Waals surface area contributed by atoms with Gasteiger partial charge in [0.15, 0.2) is 0 Å². The fourth-order valence-corrected chi connectivity index (χ4v) is 2.95. The summed E-state index contributed by atoms with van der Waals surface area (Å²) >= 11 is 1.82. The first-order valence-corrected chi connectivity index (χ1v) is 8.81. The van der Waals surface area contributed by atoms with E-state index in [4.69, 9.17) is 0 Å². The van der Waals surface area contributed by atoms with E-state index in [-0.39, 0.29) is 0 Å². The second-order valence-electron chi connectivity index (χ2n) is 5.07. The van der Waals surface area contributed by atoms with Gasteiger partial charge in [-0.3, -0.25) is 4.98 Å². The minimum atomic E-state index is 1.05. The van der Waals surface area contributed by atoms with Gasteiger partial charge in [0.1, 0.15) is 5.03 Å². The molecule has 0 aliphatic carbocycles. The largest absolute Gasteiger partial charge is 0.260 e. The van der Waals surface area contributed by atoms with Gasteiger partial charge in [-0.2, -0.15) is 0 Å². The lowest BCUT2D eigenvalue weighted by molar-refractivity contribution is 0.563. The van der Waals surface area contributed by atoms with Crippen LogP contribution in [-0.4, -0.2) is 15.7 Å². The number of hydrogen-bond acceptors (Lipinski definition) is 3. The van der Waals surface area contributed by atoms with E-state index in [1.54, 1.807) is 12.4 Å². The summed E-state index contributed by atoms with van der Waals surface area (Å²) in [4.78, 5) is 8.33. The molecule has 1 heterocycles. The normalized spacial score (nSPS) is 10.8. The Morgan fingerprint density at radius 2 is 1.47 bits per heavy atom. The van der Waals surface area contributed by atoms with Crippen molar-refractivity contribution in [1.82, 2.24) is 9.97 Å². The summed E-state index contributed by atoms with van der Waals surface area (Å²) in [5.41, 5.74) is 0. The highest BCUT2D eigenvalue weighted by Gasteiger charge is 1.95. The molecule has 0 bridgehead atoms. The van der Waals surface area contributed by atoms with Crippen LogP contribution in [0.2, 0.25) is 0 Å². The average Bonchev–Trinajstić information content (AvgIpc) is 2.46. The van der Waals surface area contributed by atoms with Crippen LogP contribution in [-0.2, 0) is 0 Å². The molecule has 0 atom stereocenters. The van der Waals surface area contributed by atoms with Crippen molar-refractivity contribution in [2.24, 2.45) is 0 Å². The van der Waals surface area contributed by atoms with Crippen LogP contribution < -0.4 is 0 Å². The molecule has 0 spiro atoms. The van der Waals surface area contributed by atoms with Crippen molar-refractivity contribution >= 4 is 11.8 Å². The van der Waals surface area contributed by atoms with Crippen molar-refractivity contribution in [1.29, 1.82) is 0 Å². The van der Waals surface area contributed by atoms with E-state index in [1.807, 2.05) is 18.0 Å². The Balaban J connectivity index is 1.79. The Morgan fingerprint density at radius 3 is 2.05 bits per heavy atom. The number of hydrogen-bond donors (Lipinski definition) is 0. The minimum Gasteiger partial charge on any atom is -0.260 e. The highest BCUT2D eigenvalue weighted by atomic mass is 32.2. The molecule has 1 aromatic heterocycles. The molecule has 0 fully saturated rings. The van der Waals surface area contributed by atoms with Crippen LogP contribution in [0.4, 0.5) is 0 Å². The Kier molecular flexibility index (Phi) is 10.8. The van der Waals surface area contributed by atoms with Crippen LogP contribution in [0.1, 0.15) is 71.1 Å². The topological polar surface area (TPSA) is 25.8 Å². The molecule has 3 heteroatoms. The Hall–Kier alpha value is -0.570. The number of unbranched alkanes of at least 4 members (excludes halogenated alkanes) is 9. The van der Waals surface area contributed by atoms with Crippen molar-refractivity contribution < 1.29 is 0 Å². The summed E-state index contributed by atoms with van der Waals surface area (Å²) in [5, 5.41) is 1.05. The van der Waals surface area contributed by atoms with Crippen molar-refractivity contribution in [3.8, 4) is 0 Å². The SMILES string of the molecule is CCCCCCCCCCCCSc1cnccn1. The first kappa shape index (κ1) is 16.5. The quantitative estimate of drug-likeness (QED) is 0.374. The second kappa shape index (κ2) is 12.5. The van der Waals surface area contributed by atoms with Gasteiger partial charge in [-0.1, -0.05) is 64.7 Å². The third kappa shape index (κ3) is 9.94. The van der Waals surface area contributed by atoms with E-state index in [9.17, 15) is 0 Å². The smallest absolute Gasteiger partial charge is 0.114 e. The molecule has 0 N–H and O–H groups in total. The summed E-state index contributed by atoms with van der Waals surface area (Å²) in [6.45, 7) is 2.28. The minimum absolute atomic E-state index is 1.05. The van der Waals surface area contributed by atoms with Gasteiger partial charge < -0.3 is 0 Å². The molecule has 0 aliphatic heterocycles. The molecule has 0 radical (unpaired) electrons. The molecular weight excluding hydrogens is 252 g/mol. The molecular formula is C16H28N2S. The van der Waals surface area contributed by atoms with Crippen molar-refractivity contribution in [3.63, 3.8) is 0 Å². The van der Waals surface area contributed by atoms with Gasteiger partial charge in [0.2, 0.25) is 0 Å². The van der Waals surface area contributed by atoms with E-state index in [1.165, 1.54) is 70.0 Å². The zero-order chi connectivity index (χ0) is 13.6. The van der Waals surface area contributed by atoms with Crippen LogP contribution in [0.5, 0.6) is 0 Å². The maximum absolute atomic E-state index is 4.26. The summed E-state index contributed by atoms with van der Waals surface area (Å²) in [5.74, 6) is 1.18.